The molecule has 0 saturated carbocycles. The van der Waals surface area contributed by atoms with Gasteiger partial charge in [0, 0.05) is 0 Å². The van der Waals surface area contributed by atoms with Gasteiger partial charge >= 0.3 is 0 Å². The summed E-state index contributed by atoms with van der Waals surface area (Å²) in [5, 5.41) is 0. The van der Waals surface area contributed by atoms with Gasteiger partial charge in [-0.1, -0.05) is 42.5 Å². The third-order valence-electron chi connectivity index (χ3n) is 4.13. The second-order valence-electron chi connectivity index (χ2n) is 5.83. The van der Waals surface area contributed by atoms with E-state index in [1.165, 1.54) is 0 Å². The Labute approximate surface area is 142 Å². The highest BCUT2D eigenvalue weighted by molar-refractivity contribution is 5.32. The van der Waals surface area contributed by atoms with Gasteiger partial charge in [0.15, 0.2) is 6.10 Å². The number of methoxy groups -OCH3 is 1. The standard InChI is InChI=1S/C20H23N2O2/c1-21-12-13-22(2)20(21)19(17-10-7-11-18(14-17)23-3)24-15-16-8-5-4-6-9-16/h4-14,19H,15H2,1-3H3/q+1. The summed E-state index contributed by atoms with van der Waals surface area (Å²) < 4.78 is 15.9. The smallest absolute Gasteiger partial charge is 0.290 e. The van der Waals surface area contributed by atoms with Crippen molar-refractivity contribution in [3.05, 3.63) is 83.9 Å². The molecule has 0 aliphatic carbocycles. The molecule has 0 spiro atoms. The van der Waals surface area contributed by atoms with Crippen molar-refractivity contribution in [1.29, 1.82) is 0 Å². The van der Waals surface area contributed by atoms with Crippen molar-refractivity contribution < 1.29 is 14.0 Å². The first-order valence-corrected chi connectivity index (χ1v) is 7.99. The maximum atomic E-state index is 6.32. The van der Waals surface area contributed by atoms with E-state index in [4.69, 9.17) is 9.47 Å². The van der Waals surface area contributed by atoms with E-state index >= 15 is 0 Å². The van der Waals surface area contributed by atoms with Crippen LogP contribution < -0.4 is 9.30 Å². The van der Waals surface area contributed by atoms with Gasteiger partial charge in [0.2, 0.25) is 0 Å². The van der Waals surface area contributed by atoms with Gasteiger partial charge in [0.25, 0.3) is 5.82 Å². The number of benzene rings is 2. The molecule has 0 aliphatic heterocycles. The van der Waals surface area contributed by atoms with Crippen LogP contribution >= 0.6 is 0 Å². The maximum absolute atomic E-state index is 6.32. The summed E-state index contributed by atoms with van der Waals surface area (Å²) in [4.78, 5) is 0. The molecule has 0 fully saturated rings. The highest BCUT2D eigenvalue weighted by Crippen LogP contribution is 2.27. The lowest BCUT2D eigenvalue weighted by atomic mass is 10.1. The molecule has 4 heteroatoms. The molecule has 3 rings (SSSR count). The second kappa shape index (κ2) is 7.32. The van der Waals surface area contributed by atoms with Crippen LogP contribution in [-0.4, -0.2) is 11.7 Å². The fourth-order valence-corrected chi connectivity index (χ4v) is 2.85. The molecule has 124 valence electrons. The Bertz CT molecular complexity index is 777. The summed E-state index contributed by atoms with van der Waals surface area (Å²) in [6, 6.07) is 18.3. The first-order chi connectivity index (χ1) is 11.7. The number of ether oxygens (including phenoxy) is 2. The summed E-state index contributed by atoms with van der Waals surface area (Å²) in [7, 11) is 5.75. The molecule has 0 saturated heterocycles. The Morgan fingerprint density at radius 3 is 2.54 bits per heavy atom. The topological polar surface area (TPSA) is 27.3 Å². The van der Waals surface area contributed by atoms with E-state index in [1.54, 1.807) is 7.11 Å². The molecule has 1 aromatic heterocycles. The van der Waals surface area contributed by atoms with Gasteiger partial charge < -0.3 is 9.47 Å². The zero-order valence-corrected chi connectivity index (χ0v) is 14.3. The molecule has 0 bridgehead atoms. The molecule has 1 atom stereocenters. The van der Waals surface area contributed by atoms with E-state index in [0.717, 1.165) is 22.7 Å². The Morgan fingerprint density at radius 1 is 1.08 bits per heavy atom. The number of hydrogen-bond acceptors (Lipinski definition) is 2. The van der Waals surface area contributed by atoms with Crippen LogP contribution in [0.2, 0.25) is 0 Å². The van der Waals surface area contributed by atoms with Crippen LogP contribution in [0.3, 0.4) is 0 Å². The highest BCUT2D eigenvalue weighted by Gasteiger charge is 2.27. The van der Waals surface area contributed by atoms with E-state index in [1.807, 2.05) is 62.9 Å². The van der Waals surface area contributed by atoms with E-state index in [-0.39, 0.29) is 6.10 Å². The lowest BCUT2D eigenvalue weighted by Crippen LogP contribution is -2.35. The number of aryl methyl sites for hydroxylation is 2. The van der Waals surface area contributed by atoms with Gasteiger partial charge in [0.1, 0.15) is 18.1 Å². The van der Waals surface area contributed by atoms with Crippen LogP contribution in [0.1, 0.15) is 23.1 Å². The van der Waals surface area contributed by atoms with Crippen LogP contribution in [0.15, 0.2) is 67.0 Å². The lowest BCUT2D eigenvalue weighted by Gasteiger charge is -2.17. The maximum Gasteiger partial charge on any atom is 0.290 e. The number of hydrogen-bond donors (Lipinski definition) is 0. The number of aromatic nitrogens is 2. The predicted octanol–water partition coefficient (Wildman–Crippen LogP) is 3.16. The third kappa shape index (κ3) is 3.49. The predicted molar refractivity (Wildman–Crippen MR) is 92.7 cm³/mol. The van der Waals surface area contributed by atoms with Crippen molar-refractivity contribution in [1.82, 2.24) is 4.57 Å². The average molecular weight is 323 g/mol. The molecule has 0 aliphatic rings. The molecule has 2 aromatic carbocycles. The van der Waals surface area contributed by atoms with Gasteiger partial charge in [-0.05, 0) is 23.3 Å². The minimum atomic E-state index is -0.176. The number of nitrogens with zero attached hydrogens (tertiary/aromatic N) is 2. The minimum Gasteiger partial charge on any atom is -0.497 e. The Morgan fingerprint density at radius 2 is 1.88 bits per heavy atom. The fourth-order valence-electron chi connectivity index (χ4n) is 2.85. The van der Waals surface area contributed by atoms with Gasteiger partial charge in [0.05, 0.1) is 27.8 Å². The first-order valence-electron chi connectivity index (χ1n) is 7.99. The zero-order valence-electron chi connectivity index (χ0n) is 14.3. The molecular formula is C20H23N2O2+. The van der Waals surface area contributed by atoms with Crippen molar-refractivity contribution in [2.45, 2.75) is 12.7 Å². The monoisotopic (exact) mass is 323 g/mol. The summed E-state index contributed by atoms with van der Waals surface area (Å²) in [5.41, 5.74) is 2.23. The molecule has 1 unspecified atom stereocenters. The SMILES string of the molecule is COc1cccc(C(OCc2ccccc2)c2n(C)cc[n+]2C)c1. The Hall–Kier alpha value is -2.59. The quantitative estimate of drug-likeness (QED) is 0.652. The van der Waals surface area contributed by atoms with E-state index in [9.17, 15) is 0 Å². The molecule has 0 amide bonds. The summed E-state index contributed by atoms with van der Waals surface area (Å²) in [5.74, 6) is 1.91. The van der Waals surface area contributed by atoms with Gasteiger partial charge in [-0.25, -0.2) is 9.13 Å². The molecule has 24 heavy (non-hydrogen) atoms. The molecular weight excluding hydrogens is 300 g/mol. The van der Waals surface area contributed by atoms with E-state index in [2.05, 4.69) is 27.3 Å². The Kier molecular flexibility index (Phi) is 4.96. The lowest BCUT2D eigenvalue weighted by molar-refractivity contribution is -0.682. The van der Waals surface area contributed by atoms with Crippen LogP contribution in [0.4, 0.5) is 0 Å². The number of rotatable bonds is 6. The largest absolute Gasteiger partial charge is 0.497 e. The fraction of sp³-hybridized carbons (Fsp3) is 0.250. The van der Waals surface area contributed by atoms with Crippen molar-refractivity contribution in [3.8, 4) is 5.75 Å². The number of imidazole rings is 1. The normalized spacial score (nSPS) is 12.1. The molecule has 0 N–H and O–H groups in total. The van der Waals surface area contributed by atoms with Gasteiger partial charge in [-0.15, -0.1) is 0 Å². The first kappa shape index (κ1) is 16.3. The molecule has 4 nitrogen and oxygen atoms in total. The van der Waals surface area contributed by atoms with Crippen LogP contribution in [-0.2, 0) is 25.4 Å². The second-order valence-corrected chi connectivity index (χ2v) is 5.83. The Balaban J connectivity index is 1.94. The summed E-state index contributed by atoms with van der Waals surface area (Å²) in [6.45, 7) is 0.550. The van der Waals surface area contributed by atoms with Crippen molar-refractivity contribution >= 4 is 0 Å². The van der Waals surface area contributed by atoms with Crippen molar-refractivity contribution in [2.75, 3.05) is 7.11 Å². The zero-order chi connectivity index (χ0) is 16.9. The summed E-state index contributed by atoms with van der Waals surface area (Å²) in [6.07, 6.45) is 3.90. The molecule has 1 heterocycles. The van der Waals surface area contributed by atoms with E-state index < -0.39 is 0 Å². The van der Waals surface area contributed by atoms with Gasteiger partial charge in [-0.3, -0.25) is 0 Å². The van der Waals surface area contributed by atoms with E-state index in [0.29, 0.717) is 6.61 Å². The highest BCUT2D eigenvalue weighted by atomic mass is 16.5. The van der Waals surface area contributed by atoms with Crippen LogP contribution in [0, 0.1) is 0 Å². The third-order valence-corrected chi connectivity index (χ3v) is 4.13. The van der Waals surface area contributed by atoms with Crippen LogP contribution in [0.25, 0.3) is 0 Å². The van der Waals surface area contributed by atoms with Crippen molar-refractivity contribution in [3.63, 3.8) is 0 Å². The molecule has 0 radical (unpaired) electrons. The van der Waals surface area contributed by atoms with Crippen molar-refractivity contribution in [2.24, 2.45) is 14.1 Å². The van der Waals surface area contributed by atoms with Gasteiger partial charge in [-0.2, -0.15) is 0 Å². The summed E-state index contributed by atoms with van der Waals surface area (Å²) >= 11 is 0. The average Bonchev–Trinajstić information content (AvgIpc) is 2.95. The minimum absolute atomic E-state index is 0.176. The molecule has 3 aromatic rings. The van der Waals surface area contributed by atoms with Crippen LogP contribution in [0.5, 0.6) is 5.75 Å².